The number of carbonyl (C=O) groups is 3. The van der Waals surface area contributed by atoms with Crippen LogP contribution in [0.4, 0.5) is 0 Å². The molecule has 0 aliphatic rings. The van der Waals surface area contributed by atoms with Gasteiger partial charge < -0.3 is 14.2 Å². The van der Waals surface area contributed by atoms with Crippen LogP contribution in [0.25, 0.3) is 0 Å². The van der Waals surface area contributed by atoms with Crippen molar-refractivity contribution in [1.82, 2.24) is 0 Å². The lowest BCUT2D eigenvalue weighted by Crippen LogP contribution is -2.30. The van der Waals surface area contributed by atoms with Crippen LogP contribution in [-0.4, -0.2) is 37.2 Å². The lowest BCUT2D eigenvalue weighted by atomic mass is 10.0. The summed E-state index contributed by atoms with van der Waals surface area (Å²) in [4.78, 5) is 37.9. The first-order chi connectivity index (χ1) is 30.5. The molecule has 0 N–H and O–H groups in total. The summed E-state index contributed by atoms with van der Waals surface area (Å²) >= 11 is 0. The molecule has 0 bridgehead atoms. The Bertz CT molecular complexity index is 1130. The zero-order chi connectivity index (χ0) is 45.1. The lowest BCUT2D eigenvalue weighted by Gasteiger charge is -2.18. The fourth-order valence-electron chi connectivity index (χ4n) is 7.24. The van der Waals surface area contributed by atoms with E-state index in [-0.39, 0.29) is 31.1 Å². The van der Waals surface area contributed by atoms with Gasteiger partial charge in [-0.1, -0.05) is 210 Å². The van der Waals surface area contributed by atoms with Gasteiger partial charge in [-0.2, -0.15) is 0 Å². The molecule has 0 radical (unpaired) electrons. The topological polar surface area (TPSA) is 78.9 Å². The standard InChI is InChI=1S/C56H98O6/c1-4-7-10-13-16-19-22-25-26-27-28-29-30-32-34-37-40-43-46-49-55(58)61-52-53(51-60-54(57)48-45-42-39-36-33-24-21-18-15-12-9-6-3)62-56(59)50-47-44-41-38-35-31-23-20-17-14-11-8-5-2/h16,19-20,23,25-26,28-29,32,34,53H,4-15,17-18,21-22,24,27,30-31,33,35-52H2,1-3H3/b19-16-,23-20-,26-25-,29-28-,34-32-/t53-/m1/s1. The van der Waals surface area contributed by atoms with E-state index in [0.29, 0.717) is 19.3 Å². The molecule has 0 amide bonds. The van der Waals surface area contributed by atoms with Gasteiger partial charge in [-0.25, -0.2) is 0 Å². The van der Waals surface area contributed by atoms with Gasteiger partial charge in [-0.3, -0.25) is 14.4 Å². The molecule has 0 saturated carbocycles. The van der Waals surface area contributed by atoms with Crippen LogP contribution in [0.3, 0.4) is 0 Å². The third-order valence-electron chi connectivity index (χ3n) is 11.2. The van der Waals surface area contributed by atoms with Crippen molar-refractivity contribution in [3.63, 3.8) is 0 Å². The van der Waals surface area contributed by atoms with E-state index in [9.17, 15) is 14.4 Å². The molecule has 6 nitrogen and oxygen atoms in total. The summed E-state index contributed by atoms with van der Waals surface area (Å²) in [7, 11) is 0. The molecule has 0 saturated heterocycles. The van der Waals surface area contributed by atoms with Gasteiger partial charge in [0, 0.05) is 19.3 Å². The van der Waals surface area contributed by atoms with Crippen LogP contribution in [-0.2, 0) is 28.6 Å². The number of ether oxygens (including phenoxy) is 3. The van der Waals surface area contributed by atoms with Gasteiger partial charge in [-0.15, -0.1) is 0 Å². The van der Waals surface area contributed by atoms with Crippen molar-refractivity contribution in [1.29, 1.82) is 0 Å². The summed E-state index contributed by atoms with van der Waals surface area (Å²) in [5.74, 6) is -0.922. The third kappa shape index (κ3) is 48.1. The Morgan fingerprint density at radius 2 is 0.581 bits per heavy atom. The van der Waals surface area contributed by atoms with E-state index in [0.717, 1.165) is 96.3 Å². The summed E-state index contributed by atoms with van der Waals surface area (Å²) in [5, 5.41) is 0. The zero-order valence-electron chi connectivity index (χ0n) is 40.9. The first-order valence-corrected chi connectivity index (χ1v) is 26.3. The van der Waals surface area contributed by atoms with E-state index in [1.807, 2.05) is 0 Å². The number of allylic oxidation sites excluding steroid dienone is 10. The number of hydrogen-bond donors (Lipinski definition) is 0. The summed E-state index contributed by atoms with van der Waals surface area (Å²) in [6.45, 7) is 6.56. The normalized spacial score (nSPS) is 12.5. The lowest BCUT2D eigenvalue weighted by molar-refractivity contribution is -0.167. The molecular formula is C56H98O6. The minimum atomic E-state index is -0.788. The number of carbonyl (C=O) groups excluding carboxylic acids is 3. The minimum Gasteiger partial charge on any atom is -0.462 e. The van der Waals surface area contributed by atoms with Crippen molar-refractivity contribution < 1.29 is 28.6 Å². The molecule has 0 aromatic carbocycles. The fourth-order valence-corrected chi connectivity index (χ4v) is 7.24. The van der Waals surface area contributed by atoms with Crippen molar-refractivity contribution >= 4 is 17.9 Å². The van der Waals surface area contributed by atoms with Crippen molar-refractivity contribution in [2.24, 2.45) is 0 Å². The highest BCUT2D eigenvalue weighted by Gasteiger charge is 2.19. The molecule has 0 heterocycles. The second-order valence-corrected chi connectivity index (χ2v) is 17.4. The van der Waals surface area contributed by atoms with Crippen molar-refractivity contribution in [3.05, 3.63) is 60.8 Å². The van der Waals surface area contributed by atoms with Gasteiger partial charge in [0.05, 0.1) is 0 Å². The monoisotopic (exact) mass is 867 g/mol. The van der Waals surface area contributed by atoms with E-state index in [4.69, 9.17) is 14.2 Å². The Kier molecular flexibility index (Phi) is 48.4. The van der Waals surface area contributed by atoms with Crippen LogP contribution >= 0.6 is 0 Å². The molecule has 0 aliphatic carbocycles. The maximum Gasteiger partial charge on any atom is 0.306 e. The first-order valence-electron chi connectivity index (χ1n) is 26.3. The Hall–Kier alpha value is -2.89. The molecule has 0 spiro atoms. The van der Waals surface area contributed by atoms with Crippen LogP contribution < -0.4 is 0 Å². The van der Waals surface area contributed by atoms with E-state index in [1.165, 1.54) is 122 Å². The SMILES string of the molecule is CCCCC/C=C\C/C=C\C/C=C\C/C=C\CCCCCC(=O)OC[C@@H](COC(=O)CCCCCCCCCCCCCC)OC(=O)CCCCCCC/C=C\CCCCCC. The van der Waals surface area contributed by atoms with Crippen molar-refractivity contribution in [2.45, 2.75) is 264 Å². The highest BCUT2D eigenvalue weighted by molar-refractivity contribution is 5.71. The van der Waals surface area contributed by atoms with E-state index in [2.05, 4.69) is 81.5 Å². The average Bonchev–Trinajstić information content (AvgIpc) is 3.27. The molecule has 358 valence electrons. The van der Waals surface area contributed by atoms with E-state index in [1.54, 1.807) is 0 Å². The van der Waals surface area contributed by atoms with Gasteiger partial charge in [-0.05, 0) is 89.9 Å². The fraction of sp³-hybridized carbons (Fsp3) is 0.768. The minimum absolute atomic E-state index is 0.0860. The smallest absolute Gasteiger partial charge is 0.306 e. The maximum atomic E-state index is 12.8. The summed E-state index contributed by atoms with van der Waals surface area (Å²) in [6.07, 6.45) is 62.0. The third-order valence-corrected chi connectivity index (χ3v) is 11.2. The second kappa shape index (κ2) is 50.8. The molecule has 0 aliphatic heterocycles. The van der Waals surface area contributed by atoms with Gasteiger partial charge >= 0.3 is 17.9 Å². The number of rotatable bonds is 47. The predicted molar refractivity (Wildman–Crippen MR) is 265 cm³/mol. The highest BCUT2D eigenvalue weighted by Crippen LogP contribution is 2.14. The molecule has 0 aromatic rings. The Morgan fingerprint density at radius 3 is 0.984 bits per heavy atom. The predicted octanol–water partition coefficient (Wildman–Crippen LogP) is 17.3. The van der Waals surface area contributed by atoms with Crippen molar-refractivity contribution in [3.8, 4) is 0 Å². The zero-order valence-corrected chi connectivity index (χ0v) is 40.9. The Labute approximate surface area is 383 Å². The van der Waals surface area contributed by atoms with Crippen LogP contribution in [0.5, 0.6) is 0 Å². The Balaban J connectivity index is 4.42. The summed E-state index contributed by atoms with van der Waals surface area (Å²) < 4.78 is 16.8. The molecule has 0 fully saturated rings. The molecule has 0 aromatic heterocycles. The summed E-state index contributed by atoms with van der Waals surface area (Å²) in [5.41, 5.74) is 0. The average molecular weight is 867 g/mol. The molecular weight excluding hydrogens is 769 g/mol. The largest absolute Gasteiger partial charge is 0.462 e. The Morgan fingerprint density at radius 1 is 0.323 bits per heavy atom. The molecule has 6 heteroatoms. The molecule has 0 unspecified atom stereocenters. The van der Waals surface area contributed by atoms with Gasteiger partial charge in [0.15, 0.2) is 6.10 Å². The van der Waals surface area contributed by atoms with Crippen LogP contribution in [0.2, 0.25) is 0 Å². The van der Waals surface area contributed by atoms with Crippen LogP contribution in [0.15, 0.2) is 60.8 Å². The van der Waals surface area contributed by atoms with Gasteiger partial charge in [0.2, 0.25) is 0 Å². The highest BCUT2D eigenvalue weighted by atomic mass is 16.6. The summed E-state index contributed by atoms with van der Waals surface area (Å²) in [6, 6.07) is 0. The van der Waals surface area contributed by atoms with E-state index >= 15 is 0 Å². The number of unbranched alkanes of at least 4 members (excludes halogenated alkanes) is 26. The quantitative estimate of drug-likeness (QED) is 0.0262. The van der Waals surface area contributed by atoms with Gasteiger partial charge in [0.1, 0.15) is 13.2 Å². The maximum absolute atomic E-state index is 12.8. The molecule has 1 atom stereocenters. The number of hydrogen-bond acceptors (Lipinski definition) is 6. The van der Waals surface area contributed by atoms with E-state index < -0.39 is 6.10 Å². The molecule has 62 heavy (non-hydrogen) atoms. The second-order valence-electron chi connectivity index (χ2n) is 17.4. The molecule has 0 rings (SSSR count). The van der Waals surface area contributed by atoms with Crippen molar-refractivity contribution in [2.75, 3.05) is 13.2 Å². The van der Waals surface area contributed by atoms with Crippen LogP contribution in [0.1, 0.15) is 258 Å². The van der Waals surface area contributed by atoms with Gasteiger partial charge in [0.25, 0.3) is 0 Å². The first kappa shape index (κ1) is 59.1. The number of esters is 3. The van der Waals surface area contributed by atoms with Crippen LogP contribution in [0, 0.1) is 0 Å².